The number of benzene rings is 1. The zero-order chi connectivity index (χ0) is 14.6. The van der Waals surface area contributed by atoms with E-state index in [0.29, 0.717) is 12.6 Å². The van der Waals surface area contributed by atoms with Crippen molar-refractivity contribution in [1.29, 1.82) is 0 Å². The summed E-state index contributed by atoms with van der Waals surface area (Å²) < 4.78 is 5.58. The van der Waals surface area contributed by atoms with E-state index in [2.05, 4.69) is 50.4 Å². The van der Waals surface area contributed by atoms with Gasteiger partial charge in [0, 0.05) is 12.6 Å². The summed E-state index contributed by atoms with van der Waals surface area (Å²) in [4.78, 5) is 0. The van der Waals surface area contributed by atoms with E-state index >= 15 is 0 Å². The molecule has 112 valence electrons. The molecule has 1 rings (SSSR count). The van der Waals surface area contributed by atoms with Crippen molar-refractivity contribution in [2.75, 3.05) is 19.8 Å². The van der Waals surface area contributed by atoms with E-state index in [4.69, 9.17) is 4.74 Å². The minimum Gasteiger partial charge on any atom is -0.376 e. The summed E-state index contributed by atoms with van der Waals surface area (Å²) in [6, 6.07) is 10.9. The highest BCUT2D eigenvalue weighted by Crippen LogP contribution is 2.06. The van der Waals surface area contributed by atoms with Gasteiger partial charge < -0.3 is 10.1 Å². The standard InChI is InChI=1S/C18H29NO/c1-16(2)11-12-17(3)19-13-15-20-14-7-10-18-8-5-4-6-9-18/h4-10,16-17,19H,11-15H2,1-3H3. The van der Waals surface area contributed by atoms with Gasteiger partial charge in [-0.3, -0.25) is 0 Å². The Kier molecular flexibility index (Phi) is 9.01. The monoisotopic (exact) mass is 275 g/mol. The largest absolute Gasteiger partial charge is 0.376 e. The van der Waals surface area contributed by atoms with Crippen LogP contribution in [0.15, 0.2) is 36.4 Å². The summed E-state index contributed by atoms with van der Waals surface area (Å²) in [5, 5.41) is 3.50. The molecule has 1 N–H and O–H groups in total. The molecule has 1 aromatic rings. The van der Waals surface area contributed by atoms with E-state index in [9.17, 15) is 0 Å². The lowest BCUT2D eigenvalue weighted by Crippen LogP contribution is -2.29. The molecule has 1 aromatic carbocycles. The Morgan fingerprint density at radius 2 is 1.85 bits per heavy atom. The average molecular weight is 275 g/mol. The van der Waals surface area contributed by atoms with Gasteiger partial charge in [-0.2, -0.15) is 0 Å². The van der Waals surface area contributed by atoms with Crippen molar-refractivity contribution in [3.8, 4) is 0 Å². The molecule has 0 bridgehead atoms. The lowest BCUT2D eigenvalue weighted by molar-refractivity contribution is 0.161. The van der Waals surface area contributed by atoms with Crippen LogP contribution in [0.3, 0.4) is 0 Å². The van der Waals surface area contributed by atoms with Crippen molar-refractivity contribution in [2.45, 2.75) is 39.7 Å². The Morgan fingerprint density at radius 1 is 1.10 bits per heavy atom. The molecule has 0 aliphatic heterocycles. The van der Waals surface area contributed by atoms with Gasteiger partial charge in [-0.25, -0.2) is 0 Å². The summed E-state index contributed by atoms with van der Waals surface area (Å²) in [5.74, 6) is 0.790. The molecule has 0 saturated carbocycles. The summed E-state index contributed by atoms with van der Waals surface area (Å²) in [5.41, 5.74) is 1.22. The molecule has 0 radical (unpaired) electrons. The van der Waals surface area contributed by atoms with Crippen molar-refractivity contribution in [3.63, 3.8) is 0 Å². The van der Waals surface area contributed by atoms with Gasteiger partial charge in [-0.05, 0) is 31.2 Å². The first-order valence-corrected chi connectivity index (χ1v) is 7.71. The van der Waals surface area contributed by atoms with Gasteiger partial charge in [0.25, 0.3) is 0 Å². The zero-order valence-corrected chi connectivity index (χ0v) is 13.1. The maximum absolute atomic E-state index is 5.58. The van der Waals surface area contributed by atoms with E-state index in [1.54, 1.807) is 0 Å². The maximum atomic E-state index is 5.58. The van der Waals surface area contributed by atoms with Gasteiger partial charge in [0.15, 0.2) is 0 Å². The third kappa shape index (κ3) is 8.89. The van der Waals surface area contributed by atoms with Crippen molar-refractivity contribution in [2.24, 2.45) is 5.92 Å². The maximum Gasteiger partial charge on any atom is 0.0651 e. The highest BCUT2D eigenvalue weighted by molar-refractivity contribution is 5.48. The Bertz CT molecular complexity index is 359. The molecule has 1 unspecified atom stereocenters. The minimum absolute atomic E-state index is 0.584. The molecule has 0 aromatic heterocycles. The lowest BCUT2D eigenvalue weighted by atomic mass is 10.0. The first-order chi connectivity index (χ1) is 9.68. The number of nitrogens with one attached hydrogen (secondary N) is 1. The van der Waals surface area contributed by atoms with Crippen molar-refractivity contribution in [1.82, 2.24) is 5.32 Å². The second kappa shape index (κ2) is 10.6. The molecule has 0 aliphatic rings. The van der Waals surface area contributed by atoms with Crippen molar-refractivity contribution in [3.05, 3.63) is 42.0 Å². The molecule has 0 amide bonds. The fourth-order valence-corrected chi connectivity index (χ4v) is 1.96. The van der Waals surface area contributed by atoms with Crippen LogP contribution in [0.1, 0.15) is 39.2 Å². The van der Waals surface area contributed by atoms with E-state index in [1.165, 1.54) is 18.4 Å². The summed E-state index contributed by atoms with van der Waals surface area (Å²) in [6.07, 6.45) is 6.69. The van der Waals surface area contributed by atoms with Gasteiger partial charge in [0.1, 0.15) is 0 Å². The molecular formula is C18H29NO. The van der Waals surface area contributed by atoms with Crippen molar-refractivity contribution < 1.29 is 4.74 Å². The molecule has 0 saturated heterocycles. The Hall–Kier alpha value is -1.12. The zero-order valence-electron chi connectivity index (χ0n) is 13.1. The topological polar surface area (TPSA) is 21.3 Å². The van der Waals surface area contributed by atoms with Crippen LogP contribution in [-0.2, 0) is 4.74 Å². The van der Waals surface area contributed by atoms with Gasteiger partial charge in [0.05, 0.1) is 13.2 Å². The predicted octanol–water partition coefficient (Wildman–Crippen LogP) is 4.13. The van der Waals surface area contributed by atoms with Crippen LogP contribution < -0.4 is 5.32 Å². The Morgan fingerprint density at radius 3 is 2.55 bits per heavy atom. The molecule has 1 atom stereocenters. The SMILES string of the molecule is CC(C)CCC(C)NCCOCC=Cc1ccccc1. The third-order valence-corrected chi connectivity index (χ3v) is 3.24. The van der Waals surface area contributed by atoms with E-state index in [0.717, 1.165) is 19.1 Å². The smallest absolute Gasteiger partial charge is 0.0651 e. The Balaban J connectivity index is 1.98. The number of hydrogen-bond donors (Lipinski definition) is 1. The lowest BCUT2D eigenvalue weighted by Gasteiger charge is -2.14. The number of rotatable bonds is 10. The second-order valence-corrected chi connectivity index (χ2v) is 5.71. The van der Waals surface area contributed by atoms with Crippen LogP contribution in [0.4, 0.5) is 0 Å². The molecule has 2 nitrogen and oxygen atoms in total. The minimum atomic E-state index is 0.584. The van der Waals surface area contributed by atoms with Crippen LogP contribution in [-0.4, -0.2) is 25.8 Å². The van der Waals surface area contributed by atoms with Crippen LogP contribution in [0.5, 0.6) is 0 Å². The summed E-state index contributed by atoms with van der Waals surface area (Å²) >= 11 is 0. The van der Waals surface area contributed by atoms with Gasteiger partial charge in [0.2, 0.25) is 0 Å². The Labute approximate surface area is 124 Å². The quantitative estimate of drug-likeness (QED) is 0.648. The first-order valence-electron chi connectivity index (χ1n) is 7.71. The van der Waals surface area contributed by atoms with Gasteiger partial charge >= 0.3 is 0 Å². The molecule has 0 spiro atoms. The molecule has 0 aliphatic carbocycles. The molecule has 2 heteroatoms. The highest BCUT2D eigenvalue weighted by Gasteiger charge is 2.02. The molecular weight excluding hydrogens is 246 g/mol. The van der Waals surface area contributed by atoms with Crippen LogP contribution in [0.25, 0.3) is 6.08 Å². The second-order valence-electron chi connectivity index (χ2n) is 5.71. The van der Waals surface area contributed by atoms with E-state index in [1.807, 2.05) is 18.2 Å². The van der Waals surface area contributed by atoms with Gasteiger partial charge in [-0.15, -0.1) is 0 Å². The van der Waals surface area contributed by atoms with Crippen LogP contribution in [0.2, 0.25) is 0 Å². The van der Waals surface area contributed by atoms with Crippen LogP contribution >= 0.6 is 0 Å². The summed E-state index contributed by atoms with van der Waals surface area (Å²) in [6.45, 7) is 9.17. The normalized spacial score (nSPS) is 13.2. The van der Waals surface area contributed by atoms with Crippen LogP contribution in [0, 0.1) is 5.92 Å². The number of hydrogen-bond acceptors (Lipinski definition) is 2. The van der Waals surface area contributed by atoms with Crippen molar-refractivity contribution >= 4 is 6.08 Å². The molecule has 20 heavy (non-hydrogen) atoms. The third-order valence-electron chi connectivity index (χ3n) is 3.24. The number of ether oxygens (including phenoxy) is 1. The van der Waals surface area contributed by atoms with E-state index in [-0.39, 0.29) is 0 Å². The highest BCUT2D eigenvalue weighted by atomic mass is 16.5. The van der Waals surface area contributed by atoms with Gasteiger partial charge in [-0.1, -0.05) is 56.3 Å². The first kappa shape index (κ1) is 16.9. The molecule has 0 heterocycles. The summed E-state index contributed by atoms with van der Waals surface area (Å²) in [7, 11) is 0. The fraction of sp³-hybridized carbons (Fsp3) is 0.556. The average Bonchev–Trinajstić information content (AvgIpc) is 2.45. The van der Waals surface area contributed by atoms with E-state index < -0.39 is 0 Å². The fourth-order valence-electron chi connectivity index (χ4n) is 1.96. The predicted molar refractivity (Wildman–Crippen MR) is 87.8 cm³/mol. The molecule has 0 fully saturated rings.